The fourth-order valence-corrected chi connectivity index (χ4v) is 2.73. The van der Waals surface area contributed by atoms with E-state index in [1.807, 2.05) is 0 Å². The quantitative estimate of drug-likeness (QED) is 0.669. The zero-order valence-corrected chi connectivity index (χ0v) is 11.0. The monoisotopic (exact) mass is 225 g/mol. The Morgan fingerprint density at radius 3 is 2.19 bits per heavy atom. The number of nitrogens with zero attached hydrogens (tertiary/aromatic N) is 1. The van der Waals surface area contributed by atoms with Gasteiger partial charge in [-0.1, -0.05) is 39.5 Å². The highest BCUT2D eigenvalue weighted by Gasteiger charge is 2.25. The normalized spacial score (nSPS) is 23.1. The van der Waals surface area contributed by atoms with Crippen LogP contribution < -0.4 is 0 Å². The fraction of sp³-hybridized carbons (Fsp3) is 0.929. The van der Waals surface area contributed by atoms with Crippen LogP contribution in [0, 0.1) is 5.41 Å². The molecule has 1 rings (SSSR count). The van der Waals surface area contributed by atoms with E-state index in [0.29, 0.717) is 0 Å². The summed E-state index contributed by atoms with van der Waals surface area (Å²) < 4.78 is 0. The first-order chi connectivity index (χ1) is 7.70. The topological polar surface area (TPSA) is 20.3 Å². The van der Waals surface area contributed by atoms with E-state index in [1.165, 1.54) is 51.5 Å². The summed E-state index contributed by atoms with van der Waals surface area (Å²) in [5.74, 6) is 0. The number of aldehydes is 1. The summed E-state index contributed by atoms with van der Waals surface area (Å²) in [6.07, 6.45) is 10.0. The number of likely N-dealkylation sites (tertiary alicyclic amines) is 1. The molecule has 16 heavy (non-hydrogen) atoms. The molecule has 0 aromatic rings. The van der Waals surface area contributed by atoms with Crippen molar-refractivity contribution in [2.45, 2.75) is 58.8 Å². The van der Waals surface area contributed by atoms with Crippen LogP contribution >= 0.6 is 0 Å². The van der Waals surface area contributed by atoms with Crippen molar-refractivity contribution in [1.29, 1.82) is 0 Å². The molecule has 0 radical (unpaired) electrons. The van der Waals surface area contributed by atoms with Crippen LogP contribution in [-0.2, 0) is 4.79 Å². The molecule has 1 heterocycles. The smallest absolute Gasteiger partial charge is 0.127 e. The van der Waals surface area contributed by atoms with E-state index in [-0.39, 0.29) is 5.41 Å². The Labute approximate surface area is 100 Å². The third-order valence-corrected chi connectivity index (χ3v) is 3.64. The second-order valence-corrected chi connectivity index (χ2v) is 5.57. The lowest BCUT2D eigenvalue weighted by Gasteiger charge is -2.32. The lowest BCUT2D eigenvalue weighted by molar-refractivity contribution is -0.116. The van der Waals surface area contributed by atoms with E-state index in [4.69, 9.17) is 0 Å². The van der Waals surface area contributed by atoms with Crippen molar-refractivity contribution < 1.29 is 4.79 Å². The summed E-state index contributed by atoms with van der Waals surface area (Å²) in [6, 6.07) is 0. The van der Waals surface area contributed by atoms with Gasteiger partial charge in [-0.3, -0.25) is 0 Å². The molecule has 0 spiro atoms. The van der Waals surface area contributed by atoms with Crippen LogP contribution in [0.1, 0.15) is 58.8 Å². The molecule has 0 aliphatic carbocycles. The lowest BCUT2D eigenvalue weighted by atomic mass is 9.86. The van der Waals surface area contributed by atoms with Gasteiger partial charge in [-0.2, -0.15) is 0 Å². The molecular formula is C14H27NO. The van der Waals surface area contributed by atoms with Crippen LogP contribution in [-0.4, -0.2) is 30.8 Å². The highest BCUT2D eigenvalue weighted by atomic mass is 16.1. The lowest BCUT2D eigenvalue weighted by Crippen LogP contribution is -2.38. The largest absolute Gasteiger partial charge is 0.303 e. The molecule has 1 unspecified atom stereocenters. The van der Waals surface area contributed by atoms with Crippen LogP contribution in [0.2, 0.25) is 0 Å². The molecule has 0 N–H and O–H groups in total. The van der Waals surface area contributed by atoms with E-state index in [0.717, 1.165) is 19.4 Å². The predicted octanol–water partition coefficient (Wildman–Crippen LogP) is 3.26. The fourth-order valence-electron chi connectivity index (χ4n) is 2.73. The van der Waals surface area contributed by atoms with Crippen LogP contribution in [0.25, 0.3) is 0 Å². The first-order valence-electron chi connectivity index (χ1n) is 6.89. The predicted molar refractivity (Wildman–Crippen MR) is 68.6 cm³/mol. The molecule has 1 saturated heterocycles. The summed E-state index contributed by atoms with van der Waals surface area (Å²) in [7, 11) is 0. The van der Waals surface area contributed by atoms with Gasteiger partial charge < -0.3 is 9.69 Å². The van der Waals surface area contributed by atoms with Gasteiger partial charge in [0.15, 0.2) is 0 Å². The van der Waals surface area contributed by atoms with Crippen LogP contribution in [0.15, 0.2) is 0 Å². The van der Waals surface area contributed by atoms with Crippen molar-refractivity contribution in [3.05, 3.63) is 0 Å². The summed E-state index contributed by atoms with van der Waals surface area (Å²) in [4.78, 5) is 13.7. The van der Waals surface area contributed by atoms with Gasteiger partial charge in [0.2, 0.25) is 0 Å². The number of carbonyl (C=O) groups excluding carboxylic acids is 1. The third-order valence-electron chi connectivity index (χ3n) is 3.64. The standard InChI is InChI=1S/C14H27NO/c1-3-9-14(2,13-16)12-15-10-7-5-4-6-8-11-15/h13H,3-12H2,1-2H3. The van der Waals surface area contributed by atoms with Crippen molar-refractivity contribution in [2.24, 2.45) is 5.41 Å². The van der Waals surface area contributed by atoms with Crippen LogP contribution in [0.5, 0.6) is 0 Å². The van der Waals surface area contributed by atoms with Gasteiger partial charge >= 0.3 is 0 Å². The van der Waals surface area contributed by atoms with Crippen molar-refractivity contribution in [3.63, 3.8) is 0 Å². The molecule has 0 saturated carbocycles. The van der Waals surface area contributed by atoms with Gasteiger partial charge in [-0.15, -0.1) is 0 Å². The van der Waals surface area contributed by atoms with E-state index in [9.17, 15) is 4.79 Å². The zero-order valence-electron chi connectivity index (χ0n) is 11.0. The van der Waals surface area contributed by atoms with E-state index in [1.54, 1.807) is 0 Å². The second kappa shape index (κ2) is 7.05. The third kappa shape index (κ3) is 4.65. The first kappa shape index (κ1) is 13.7. The number of hydrogen-bond acceptors (Lipinski definition) is 2. The Bertz CT molecular complexity index is 197. The van der Waals surface area contributed by atoms with Gasteiger partial charge in [0, 0.05) is 12.0 Å². The molecule has 1 atom stereocenters. The SMILES string of the molecule is CCCC(C)(C=O)CN1CCCCCCC1. The minimum Gasteiger partial charge on any atom is -0.303 e. The molecule has 1 fully saturated rings. The molecule has 94 valence electrons. The summed E-state index contributed by atoms with van der Waals surface area (Å²) in [5, 5.41) is 0. The highest BCUT2D eigenvalue weighted by Crippen LogP contribution is 2.23. The average Bonchev–Trinajstić information content (AvgIpc) is 2.22. The maximum Gasteiger partial charge on any atom is 0.127 e. The van der Waals surface area contributed by atoms with Gasteiger partial charge in [-0.25, -0.2) is 0 Å². The van der Waals surface area contributed by atoms with E-state index in [2.05, 4.69) is 18.7 Å². The van der Waals surface area contributed by atoms with Crippen molar-refractivity contribution >= 4 is 6.29 Å². The van der Waals surface area contributed by atoms with Crippen LogP contribution in [0.3, 0.4) is 0 Å². The summed E-state index contributed by atoms with van der Waals surface area (Å²) >= 11 is 0. The Morgan fingerprint density at radius 1 is 1.12 bits per heavy atom. The van der Waals surface area contributed by atoms with Crippen molar-refractivity contribution in [3.8, 4) is 0 Å². The number of rotatable bonds is 5. The van der Waals surface area contributed by atoms with E-state index < -0.39 is 0 Å². The molecule has 2 heteroatoms. The minimum atomic E-state index is -0.117. The average molecular weight is 225 g/mol. The van der Waals surface area contributed by atoms with Crippen LogP contribution in [0.4, 0.5) is 0 Å². The molecule has 1 aliphatic rings. The Kier molecular flexibility index (Phi) is 6.04. The van der Waals surface area contributed by atoms with Crippen molar-refractivity contribution in [2.75, 3.05) is 19.6 Å². The highest BCUT2D eigenvalue weighted by molar-refractivity contribution is 5.58. The van der Waals surface area contributed by atoms with Gasteiger partial charge in [0.1, 0.15) is 6.29 Å². The summed E-state index contributed by atoms with van der Waals surface area (Å²) in [5.41, 5.74) is -0.117. The number of hydrogen-bond donors (Lipinski definition) is 0. The zero-order chi connectivity index (χ0) is 11.9. The van der Waals surface area contributed by atoms with E-state index >= 15 is 0 Å². The minimum absolute atomic E-state index is 0.117. The molecule has 1 aliphatic heterocycles. The molecule has 0 aromatic carbocycles. The van der Waals surface area contributed by atoms with Gasteiger partial charge in [0.25, 0.3) is 0 Å². The Hall–Kier alpha value is -0.370. The maximum absolute atomic E-state index is 11.2. The first-order valence-corrected chi connectivity index (χ1v) is 6.89. The molecule has 0 bridgehead atoms. The van der Waals surface area contributed by atoms with Gasteiger partial charge in [0.05, 0.1) is 0 Å². The molecule has 2 nitrogen and oxygen atoms in total. The Balaban J connectivity index is 2.44. The maximum atomic E-state index is 11.2. The second-order valence-electron chi connectivity index (χ2n) is 5.57. The molecule has 0 aromatic heterocycles. The van der Waals surface area contributed by atoms with Gasteiger partial charge in [-0.05, 0) is 32.4 Å². The molecular weight excluding hydrogens is 198 g/mol. The summed E-state index contributed by atoms with van der Waals surface area (Å²) in [6.45, 7) is 7.61. The Morgan fingerprint density at radius 2 is 1.69 bits per heavy atom. The van der Waals surface area contributed by atoms with Crippen molar-refractivity contribution in [1.82, 2.24) is 4.90 Å². The molecule has 0 amide bonds. The number of carbonyl (C=O) groups is 1.